The van der Waals surface area contributed by atoms with E-state index in [-0.39, 0.29) is 41.6 Å². The summed E-state index contributed by atoms with van der Waals surface area (Å²) < 4.78 is 0. The molecule has 5 nitrogen and oxygen atoms in total. The number of phenolic OH excluding ortho intramolecular Hbond substituents is 1. The molecule has 7 rings (SSSR count). The van der Waals surface area contributed by atoms with Crippen LogP contribution in [0.4, 0.5) is 5.69 Å². The van der Waals surface area contributed by atoms with Crippen LogP contribution >= 0.6 is 0 Å². The van der Waals surface area contributed by atoms with Crippen molar-refractivity contribution in [1.82, 2.24) is 4.90 Å². The number of para-hydroxylation sites is 1. The number of phenols is 1. The van der Waals surface area contributed by atoms with Crippen molar-refractivity contribution in [2.45, 2.75) is 62.1 Å². The number of aromatic hydroxyl groups is 1. The predicted molar refractivity (Wildman–Crippen MR) is 93.4 cm³/mol. The molecular weight excluding hydrogens is 316 g/mol. The molecule has 10 atom stereocenters. The number of piperidine rings is 4. The van der Waals surface area contributed by atoms with Gasteiger partial charge in [-0.2, -0.15) is 0 Å². The molecule has 4 saturated heterocycles. The first kappa shape index (κ1) is 14.8. The van der Waals surface area contributed by atoms with Gasteiger partial charge in [-0.3, -0.25) is 4.90 Å². The molecule has 0 amide bonds. The second kappa shape index (κ2) is 4.33. The molecule has 1 spiro atoms. The van der Waals surface area contributed by atoms with Gasteiger partial charge in [0.25, 0.3) is 0 Å². The molecule has 0 radical (unpaired) electrons. The van der Waals surface area contributed by atoms with E-state index in [2.05, 4.69) is 29.8 Å². The second-order valence-corrected chi connectivity index (χ2v) is 8.96. The molecule has 1 aromatic rings. The van der Waals surface area contributed by atoms with E-state index in [1.165, 1.54) is 0 Å². The van der Waals surface area contributed by atoms with E-state index in [4.69, 9.17) is 0 Å². The molecule has 5 bridgehead atoms. The third-order valence-corrected chi connectivity index (χ3v) is 8.55. The first-order valence-corrected chi connectivity index (χ1v) is 9.71. The van der Waals surface area contributed by atoms with Gasteiger partial charge in [-0.25, -0.2) is 0 Å². The largest absolute Gasteiger partial charge is 0.506 e. The molecule has 134 valence electrons. The number of likely N-dealkylation sites (N-methyl/N-ethyl adjacent to an activating group) is 1. The molecule has 1 aliphatic carbocycles. The number of hydrogen-bond donors (Lipinski definition) is 3. The SMILES string of the molecule is CCC1C2CC3C4N(C)c5c(O)cccc5C45CC(C2C5O)N3C1O. The maximum atomic E-state index is 11.6. The Bertz CT molecular complexity index is 769. The molecule has 5 heteroatoms. The normalized spacial score (nSPS) is 54.1. The van der Waals surface area contributed by atoms with Gasteiger partial charge < -0.3 is 20.2 Å². The average Bonchev–Trinajstić information content (AvgIpc) is 2.97. The summed E-state index contributed by atoms with van der Waals surface area (Å²) in [5.41, 5.74) is 1.71. The number of fused-ring (bicyclic) bond motifs is 2. The fraction of sp³-hybridized carbons (Fsp3) is 0.700. The summed E-state index contributed by atoms with van der Waals surface area (Å²) in [5, 5.41) is 33.2. The molecule has 10 unspecified atom stereocenters. The zero-order valence-electron chi connectivity index (χ0n) is 14.7. The summed E-state index contributed by atoms with van der Waals surface area (Å²) in [7, 11) is 2.05. The lowest BCUT2D eigenvalue weighted by Crippen LogP contribution is -2.72. The highest BCUT2D eigenvalue weighted by atomic mass is 16.3. The standard InChI is InChI=1S/C20H26N2O3/c1-3-9-10-7-12-17-20(11-5-4-6-14(23)16(11)21(17)2)8-13(15(10)18(20)24)22(12)19(9)25/h4-6,9-10,12-13,15,17-19,23-25H,3,7-8H2,1-2H3. The summed E-state index contributed by atoms with van der Waals surface area (Å²) in [4.78, 5) is 4.54. The van der Waals surface area contributed by atoms with Gasteiger partial charge in [-0.15, -0.1) is 0 Å². The summed E-state index contributed by atoms with van der Waals surface area (Å²) >= 11 is 0. The van der Waals surface area contributed by atoms with Crippen LogP contribution in [0.25, 0.3) is 0 Å². The number of benzene rings is 1. The van der Waals surface area contributed by atoms with E-state index in [1.807, 2.05) is 6.07 Å². The summed E-state index contributed by atoms with van der Waals surface area (Å²) in [6.45, 7) is 2.16. The molecule has 25 heavy (non-hydrogen) atoms. The maximum Gasteiger partial charge on any atom is 0.139 e. The van der Waals surface area contributed by atoms with Gasteiger partial charge in [0, 0.05) is 36.4 Å². The van der Waals surface area contributed by atoms with Crippen LogP contribution in [0.1, 0.15) is 31.7 Å². The zero-order chi connectivity index (χ0) is 17.2. The highest BCUT2D eigenvalue weighted by Gasteiger charge is 2.76. The highest BCUT2D eigenvalue weighted by molar-refractivity contribution is 5.73. The lowest BCUT2D eigenvalue weighted by atomic mass is 9.62. The minimum Gasteiger partial charge on any atom is -0.506 e. The zero-order valence-corrected chi connectivity index (χ0v) is 14.7. The Kier molecular flexibility index (Phi) is 2.57. The topological polar surface area (TPSA) is 67.2 Å². The van der Waals surface area contributed by atoms with E-state index in [0.29, 0.717) is 11.7 Å². The number of aliphatic hydroxyl groups is 2. The fourth-order valence-corrected chi connectivity index (χ4v) is 7.97. The Morgan fingerprint density at radius 1 is 1.24 bits per heavy atom. The fourth-order valence-electron chi connectivity index (χ4n) is 7.97. The van der Waals surface area contributed by atoms with Gasteiger partial charge in [0.05, 0.1) is 17.8 Å². The van der Waals surface area contributed by atoms with Gasteiger partial charge in [0.2, 0.25) is 0 Å². The van der Waals surface area contributed by atoms with Crippen LogP contribution in [0.3, 0.4) is 0 Å². The van der Waals surface area contributed by atoms with Gasteiger partial charge in [-0.05, 0) is 36.8 Å². The predicted octanol–water partition coefficient (Wildman–Crippen LogP) is 1.26. The third kappa shape index (κ3) is 1.32. The molecule has 0 aromatic heterocycles. The summed E-state index contributed by atoms with van der Waals surface area (Å²) in [5.74, 6) is 1.24. The minimum absolute atomic E-state index is 0.129. The lowest BCUT2D eigenvalue weighted by Gasteiger charge is -2.62. The number of rotatable bonds is 1. The van der Waals surface area contributed by atoms with Crippen molar-refractivity contribution in [2.24, 2.45) is 17.8 Å². The van der Waals surface area contributed by atoms with Crippen molar-refractivity contribution in [1.29, 1.82) is 0 Å². The third-order valence-electron chi connectivity index (χ3n) is 8.55. The molecule has 1 saturated carbocycles. The molecular formula is C20H26N2O3. The van der Waals surface area contributed by atoms with Crippen molar-refractivity contribution in [3.8, 4) is 5.75 Å². The van der Waals surface area contributed by atoms with E-state index >= 15 is 0 Å². The van der Waals surface area contributed by atoms with E-state index in [9.17, 15) is 15.3 Å². The smallest absolute Gasteiger partial charge is 0.139 e. The number of nitrogens with zero attached hydrogens (tertiary/aromatic N) is 2. The maximum absolute atomic E-state index is 11.6. The second-order valence-electron chi connectivity index (χ2n) is 8.96. The van der Waals surface area contributed by atoms with Crippen LogP contribution < -0.4 is 4.90 Å². The van der Waals surface area contributed by atoms with Crippen molar-refractivity contribution in [3.63, 3.8) is 0 Å². The Labute approximate surface area is 147 Å². The Morgan fingerprint density at radius 3 is 2.80 bits per heavy atom. The van der Waals surface area contributed by atoms with Crippen molar-refractivity contribution in [3.05, 3.63) is 23.8 Å². The lowest BCUT2D eigenvalue weighted by molar-refractivity contribution is -0.211. The Balaban J connectivity index is 1.60. The Hall–Kier alpha value is -1.30. The van der Waals surface area contributed by atoms with Gasteiger partial charge in [0.1, 0.15) is 12.0 Å². The van der Waals surface area contributed by atoms with Gasteiger partial charge in [-0.1, -0.05) is 19.1 Å². The number of aliphatic hydroxyl groups excluding tert-OH is 2. The van der Waals surface area contributed by atoms with E-state index in [0.717, 1.165) is 30.5 Å². The van der Waals surface area contributed by atoms with E-state index < -0.39 is 6.10 Å². The summed E-state index contributed by atoms with van der Waals surface area (Å²) in [6.07, 6.45) is 2.14. The van der Waals surface area contributed by atoms with Crippen LogP contribution in [0.15, 0.2) is 18.2 Å². The molecule has 6 aliphatic rings. The van der Waals surface area contributed by atoms with Crippen molar-refractivity contribution < 1.29 is 15.3 Å². The van der Waals surface area contributed by atoms with Crippen LogP contribution in [-0.4, -0.2) is 57.7 Å². The van der Waals surface area contributed by atoms with E-state index in [1.54, 1.807) is 6.07 Å². The highest BCUT2D eigenvalue weighted by Crippen LogP contribution is 2.69. The van der Waals surface area contributed by atoms with Crippen LogP contribution in [0, 0.1) is 17.8 Å². The first-order chi connectivity index (χ1) is 12.0. The minimum atomic E-state index is -0.394. The molecule has 5 aliphatic heterocycles. The van der Waals surface area contributed by atoms with Gasteiger partial charge >= 0.3 is 0 Å². The molecule has 5 fully saturated rings. The van der Waals surface area contributed by atoms with Gasteiger partial charge in [0.15, 0.2) is 0 Å². The van der Waals surface area contributed by atoms with Crippen LogP contribution in [0.5, 0.6) is 5.75 Å². The average molecular weight is 342 g/mol. The van der Waals surface area contributed by atoms with Crippen molar-refractivity contribution in [2.75, 3.05) is 11.9 Å². The van der Waals surface area contributed by atoms with Crippen LogP contribution in [0.2, 0.25) is 0 Å². The first-order valence-electron chi connectivity index (χ1n) is 9.71. The van der Waals surface area contributed by atoms with Crippen LogP contribution in [-0.2, 0) is 5.41 Å². The summed E-state index contributed by atoms with van der Waals surface area (Å²) in [6, 6.07) is 6.42. The quantitative estimate of drug-likeness (QED) is 0.717. The number of anilines is 1. The number of hydrogen-bond acceptors (Lipinski definition) is 5. The molecule has 1 aromatic carbocycles. The molecule has 3 N–H and O–H groups in total. The van der Waals surface area contributed by atoms with Crippen molar-refractivity contribution >= 4 is 5.69 Å². The Morgan fingerprint density at radius 2 is 2.04 bits per heavy atom. The molecule has 5 heterocycles. The monoisotopic (exact) mass is 342 g/mol.